The van der Waals surface area contributed by atoms with E-state index in [4.69, 9.17) is 21.3 Å². The number of benzene rings is 2. The molecule has 0 spiro atoms. The summed E-state index contributed by atoms with van der Waals surface area (Å²) in [6.07, 6.45) is -2.81. The third-order valence-corrected chi connectivity index (χ3v) is 6.34. The molecule has 1 aliphatic rings. The molecule has 0 radical (unpaired) electrons. The van der Waals surface area contributed by atoms with Crippen molar-refractivity contribution in [2.75, 3.05) is 12.3 Å². The van der Waals surface area contributed by atoms with Crippen LogP contribution in [0.2, 0.25) is 0 Å². The van der Waals surface area contributed by atoms with Crippen LogP contribution in [0.4, 0.5) is 5.82 Å². The van der Waals surface area contributed by atoms with Gasteiger partial charge in [-0.15, -0.1) is 0 Å². The summed E-state index contributed by atoms with van der Waals surface area (Å²) in [5, 5.41) is 0. The van der Waals surface area contributed by atoms with Gasteiger partial charge in [-0.3, -0.25) is 4.57 Å². The Balaban J connectivity index is 1.56. The number of nitrogen functional groups attached to an aromatic ring is 1. The molecule has 9 nitrogen and oxygen atoms in total. The van der Waals surface area contributed by atoms with Gasteiger partial charge in [-0.1, -0.05) is 35.4 Å². The molecule has 1 aliphatic heterocycles. The SMILES string of the molecule is [2H]c1c(I)c(N)[15n]c(=O)[15n]1[C@H]1C[C@H](OC(=O)c2ccc(C)cc2)[C@@H](COC(=O)c2ccc(C)cc2)O1. The van der Waals surface area contributed by atoms with Gasteiger partial charge in [0.2, 0.25) is 0 Å². The Morgan fingerprint density at radius 3 is 2.29 bits per heavy atom. The normalized spacial score (nSPS) is 19.7. The maximum Gasteiger partial charge on any atom is 0.351 e. The van der Waals surface area contributed by atoms with E-state index in [1.165, 1.54) is 0 Å². The second-order valence-corrected chi connectivity index (χ2v) is 9.29. The molecule has 4 rings (SSSR count). The fourth-order valence-electron chi connectivity index (χ4n) is 3.57. The summed E-state index contributed by atoms with van der Waals surface area (Å²) in [4.78, 5) is 41.6. The number of anilines is 1. The van der Waals surface area contributed by atoms with E-state index in [2.05, 4.69) is 4.98 Å². The van der Waals surface area contributed by atoms with Crippen LogP contribution in [-0.2, 0) is 14.2 Å². The second kappa shape index (κ2) is 10.6. The van der Waals surface area contributed by atoms with Gasteiger partial charge >= 0.3 is 17.6 Å². The van der Waals surface area contributed by atoms with Crippen molar-refractivity contribution in [2.45, 2.75) is 38.7 Å². The van der Waals surface area contributed by atoms with Gasteiger partial charge in [-0.2, -0.15) is 4.98 Å². The minimum absolute atomic E-state index is 0.0502. The number of ether oxygens (including phenoxy) is 3. The quantitative estimate of drug-likeness (QED) is 0.342. The lowest BCUT2D eigenvalue weighted by molar-refractivity contribution is -0.0582. The molecule has 0 unspecified atom stereocenters. The molecule has 0 amide bonds. The van der Waals surface area contributed by atoms with Crippen molar-refractivity contribution in [1.82, 2.24) is 9.55 Å². The van der Waals surface area contributed by atoms with Crippen LogP contribution in [0.1, 0.15) is 45.9 Å². The van der Waals surface area contributed by atoms with Crippen LogP contribution in [0.5, 0.6) is 0 Å². The molecule has 35 heavy (non-hydrogen) atoms. The van der Waals surface area contributed by atoms with Crippen LogP contribution >= 0.6 is 22.6 Å². The summed E-state index contributed by atoms with van der Waals surface area (Å²) in [5.41, 5.74) is 7.66. The predicted octanol–water partition coefficient (Wildman–Crippen LogP) is 3.42. The van der Waals surface area contributed by atoms with E-state index < -0.39 is 36.1 Å². The largest absolute Gasteiger partial charge is 0.459 e. The molecule has 2 aromatic carbocycles. The van der Waals surface area contributed by atoms with Gasteiger partial charge < -0.3 is 19.9 Å². The zero-order valence-electron chi connectivity index (χ0n) is 20.1. The Kier molecular flexibility index (Phi) is 7.09. The maximum absolute atomic E-state index is 12.8. The number of hydrogen-bond acceptors (Lipinski definition) is 8. The highest BCUT2D eigenvalue weighted by Crippen LogP contribution is 2.31. The van der Waals surface area contributed by atoms with Crippen molar-refractivity contribution in [3.8, 4) is 0 Å². The van der Waals surface area contributed by atoms with Crippen molar-refractivity contribution in [2.24, 2.45) is 0 Å². The van der Waals surface area contributed by atoms with Crippen molar-refractivity contribution < 1.29 is 25.2 Å². The summed E-state index contributed by atoms with van der Waals surface area (Å²) >= 11 is 1.83. The summed E-state index contributed by atoms with van der Waals surface area (Å²) in [7, 11) is 0. The molecule has 1 fully saturated rings. The van der Waals surface area contributed by atoms with Crippen molar-refractivity contribution in [3.05, 3.63) is 91.0 Å². The first-order valence-electron chi connectivity index (χ1n) is 11.3. The maximum atomic E-state index is 12.8. The molecule has 1 aromatic heterocycles. The first kappa shape index (κ1) is 23.5. The highest BCUT2D eigenvalue weighted by molar-refractivity contribution is 14.1. The monoisotopic (exact) mass is 592 g/mol. The number of aromatic nitrogens is 2. The molecule has 2 heterocycles. The van der Waals surface area contributed by atoms with E-state index in [0.717, 1.165) is 15.7 Å². The molecule has 182 valence electrons. The van der Waals surface area contributed by atoms with Crippen LogP contribution < -0.4 is 11.4 Å². The third kappa shape index (κ3) is 5.88. The topological polar surface area (TPSA) is 123 Å². The molecule has 1 saturated heterocycles. The average molecular weight is 592 g/mol. The van der Waals surface area contributed by atoms with Gasteiger partial charge in [0.05, 0.1) is 16.1 Å². The molecule has 2 N–H and O–H groups in total. The van der Waals surface area contributed by atoms with Gasteiger partial charge in [0, 0.05) is 12.6 Å². The zero-order valence-corrected chi connectivity index (χ0v) is 21.2. The summed E-state index contributed by atoms with van der Waals surface area (Å²) in [6, 6.07) is 13.8. The van der Waals surface area contributed by atoms with Crippen molar-refractivity contribution in [3.63, 3.8) is 0 Å². The van der Waals surface area contributed by atoms with Crippen LogP contribution in [0, 0.1) is 17.4 Å². The Bertz CT molecular complexity index is 1340. The van der Waals surface area contributed by atoms with Gasteiger partial charge in [0.1, 0.15) is 30.9 Å². The number of esters is 2. The lowest BCUT2D eigenvalue weighted by atomic mass is 10.1. The van der Waals surface area contributed by atoms with Gasteiger partial charge in [-0.25, -0.2) is 14.4 Å². The minimum atomic E-state index is -0.967. The zero-order chi connectivity index (χ0) is 26.0. The van der Waals surface area contributed by atoms with E-state index in [9.17, 15) is 14.4 Å². The van der Waals surface area contributed by atoms with E-state index >= 15 is 0 Å². The number of carbonyl (C=O) groups excluding carboxylic acids is 2. The molecule has 3 atom stereocenters. The van der Waals surface area contributed by atoms with Crippen LogP contribution in [-0.4, -0.2) is 40.3 Å². The van der Waals surface area contributed by atoms with E-state index in [0.29, 0.717) is 14.7 Å². The van der Waals surface area contributed by atoms with E-state index in [1.54, 1.807) is 48.5 Å². The number of hydrogen-bond donors (Lipinski definition) is 1. The standard InChI is InChI=1S/C25H24IN3O6/c1-14-3-7-16(8-4-14)23(30)33-13-20-19(35-24(31)17-9-5-15(2)6-10-17)11-21(34-20)29-12-18(26)22(27)28-25(29)32/h3-10,12,19-21H,11,13H2,1-2H3,(H2,27,28,32)/t19-,20+,21+/m0/s1/i12D,28+1,29+1. The summed E-state index contributed by atoms with van der Waals surface area (Å²) in [5.74, 6) is -1.19. The number of rotatable bonds is 6. The smallest absolute Gasteiger partial charge is 0.351 e. The Labute approximate surface area is 216 Å². The number of carbonyl (C=O) groups is 2. The molecule has 0 bridgehead atoms. The van der Waals surface area contributed by atoms with E-state index in [-0.39, 0.29) is 25.0 Å². The predicted molar refractivity (Wildman–Crippen MR) is 136 cm³/mol. The lowest BCUT2D eigenvalue weighted by Gasteiger charge is -2.19. The molecule has 10 heteroatoms. The molecule has 0 aliphatic carbocycles. The molecule has 3 aromatic rings. The Hall–Kier alpha value is -3.25. The highest BCUT2D eigenvalue weighted by atomic mass is 127. The van der Waals surface area contributed by atoms with Crippen LogP contribution in [0.15, 0.2) is 59.5 Å². The number of nitrogens with two attached hydrogens (primary N) is 1. The lowest BCUT2D eigenvalue weighted by Crippen LogP contribution is -2.32. The van der Waals surface area contributed by atoms with Crippen molar-refractivity contribution >= 4 is 40.3 Å². The van der Waals surface area contributed by atoms with Gasteiger partial charge in [0.25, 0.3) is 0 Å². The Morgan fingerprint density at radius 1 is 1.11 bits per heavy atom. The number of aryl methyl sites for hydroxylation is 2. The van der Waals surface area contributed by atoms with E-state index in [1.807, 2.05) is 36.4 Å². The number of nitrogens with zero attached hydrogens (tertiary/aromatic N) is 2. The van der Waals surface area contributed by atoms with Gasteiger partial charge in [-0.05, 0) is 60.7 Å². The molecule has 0 saturated carbocycles. The summed E-state index contributed by atoms with van der Waals surface area (Å²) in [6.45, 7) is 3.59. The third-order valence-electron chi connectivity index (χ3n) is 5.55. The molecular weight excluding hydrogens is 567 g/mol. The first-order chi connectivity index (χ1) is 17.1. The molecular formula is C25H24IN3O6. The van der Waals surface area contributed by atoms with Gasteiger partial charge in [0.15, 0.2) is 0 Å². The fourth-order valence-corrected chi connectivity index (χ4v) is 3.95. The van der Waals surface area contributed by atoms with Crippen LogP contribution in [0.3, 0.4) is 0 Å². The van der Waals surface area contributed by atoms with Crippen molar-refractivity contribution in [1.29, 1.82) is 0 Å². The fraction of sp³-hybridized carbons (Fsp3) is 0.280. The highest BCUT2D eigenvalue weighted by Gasteiger charge is 2.40. The second-order valence-electron chi connectivity index (χ2n) is 8.21. The Morgan fingerprint density at radius 2 is 1.69 bits per heavy atom. The minimum Gasteiger partial charge on any atom is -0.459 e. The summed E-state index contributed by atoms with van der Waals surface area (Å²) < 4.78 is 26.8. The average Bonchev–Trinajstić information content (AvgIpc) is 3.23. The van der Waals surface area contributed by atoms with Crippen LogP contribution in [0.25, 0.3) is 0 Å². The first-order valence-corrected chi connectivity index (χ1v) is 11.9. The number of halogens is 1.